The van der Waals surface area contributed by atoms with Crippen LogP contribution >= 0.6 is 23.2 Å². The normalized spacial score (nSPS) is 14.3. The average Bonchev–Trinajstić information content (AvgIpc) is 3.23. The fourth-order valence-electron chi connectivity index (χ4n) is 4.04. The minimum Gasteiger partial charge on any atom is -0.444 e. The minimum atomic E-state index is -3.91. The van der Waals surface area contributed by atoms with Crippen LogP contribution in [-0.2, 0) is 19.3 Å². The Bertz CT molecular complexity index is 1560. The Labute approximate surface area is 244 Å². The second kappa shape index (κ2) is 12.2. The zero-order chi connectivity index (χ0) is 29.1. The number of anilines is 1. The number of sulfone groups is 1. The molecule has 0 atom stereocenters. The van der Waals surface area contributed by atoms with E-state index >= 15 is 0 Å². The van der Waals surface area contributed by atoms with Gasteiger partial charge >= 0.3 is 6.09 Å². The smallest absolute Gasteiger partial charge is 0.413 e. The predicted octanol–water partition coefficient (Wildman–Crippen LogP) is 5.28. The van der Waals surface area contributed by atoms with E-state index in [9.17, 15) is 13.2 Å². The molecular formula is C28H30Cl2N4O5S. The van der Waals surface area contributed by atoms with Crippen LogP contribution in [0, 0.1) is 11.8 Å². The number of morpholine rings is 1. The molecule has 40 heavy (non-hydrogen) atoms. The molecule has 3 aromatic rings. The van der Waals surface area contributed by atoms with Gasteiger partial charge in [0.25, 0.3) is 0 Å². The Morgan fingerprint density at radius 2 is 1.80 bits per heavy atom. The van der Waals surface area contributed by atoms with Crippen LogP contribution in [0.2, 0.25) is 10.0 Å². The Balaban J connectivity index is 1.79. The highest BCUT2D eigenvalue weighted by Gasteiger charge is 2.30. The standard InChI is InChI=1S/C28H30Cl2N4O5S/c1-28(2,3)39-27(35)31-26-25(40(4,36)37)24(20-8-10-21(29)11-9-20)34(32-26)23-12-7-19(18-22(23)30)6-5-13-33-14-16-38-17-15-33/h7-12,18H,13-17H2,1-4H3,(H,31,32,35). The van der Waals surface area contributed by atoms with Gasteiger partial charge in [-0.3, -0.25) is 10.2 Å². The number of halogens is 2. The largest absolute Gasteiger partial charge is 0.444 e. The van der Waals surface area contributed by atoms with Crippen molar-refractivity contribution in [2.24, 2.45) is 0 Å². The van der Waals surface area contributed by atoms with Gasteiger partial charge < -0.3 is 9.47 Å². The molecule has 1 aromatic heterocycles. The zero-order valence-electron chi connectivity index (χ0n) is 22.6. The van der Waals surface area contributed by atoms with Crippen molar-refractivity contribution in [3.63, 3.8) is 0 Å². The van der Waals surface area contributed by atoms with E-state index in [2.05, 4.69) is 27.2 Å². The highest BCUT2D eigenvalue weighted by atomic mass is 35.5. The van der Waals surface area contributed by atoms with Crippen molar-refractivity contribution in [1.82, 2.24) is 14.7 Å². The number of aromatic nitrogens is 2. The molecule has 1 aliphatic heterocycles. The molecule has 0 unspecified atom stereocenters. The lowest BCUT2D eigenvalue weighted by molar-refractivity contribution is 0.0443. The number of nitrogens with one attached hydrogen (secondary N) is 1. The van der Waals surface area contributed by atoms with Crippen LogP contribution in [0.4, 0.5) is 10.6 Å². The van der Waals surface area contributed by atoms with Gasteiger partial charge in [0, 0.05) is 35.5 Å². The summed E-state index contributed by atoms with van der Waals surface area (Å²) in [5.41, 5.74) is 0.988. The summed E-state index contributed by atoms with van der Waals surface area (Å²) in [5.74, 6) is 6.09. The summed E-state index contributed by atoms with van der Waals surface area (Å²) in [6, 6.07) is 11.8. The van der Waals surface area contributed by atoms with Crippen molar-refractivity contribution >= 4 is 45.0 Å². The highest BCUT2D eigenvalue weighted by molar-refractivity contribution is 7.91. The molecule has 1 fully saturated rings. The highest BCUT2D eigenvalue weighted by Crippen LogP contribution is 2.37. The summed E-state index contributed by atoms with van der Waals surface area (Å²) in [7, 11) is -3.91. The van der Waals surface area contributed by atoms with Crippen molar-refractivity contribution < 1.29 is 22.7 Å². The third-order valence-corrected chi connectivity index (χ3v) is 7.45. The summed E-state index contributed by atoms with van der Waals surface area (Å²) in [6.07, 6.45) is 0.199. The molecule has 1 amide bonds. The zero-order valence-corrected chi connectivity index (χ0v) is 25.0. The van der Waals surface area contributed by atoms with Gasteiger partial charge in [-0.25, -0.2) is 17.9 Å². The SMILES string of the molecule is CC(C)(C)OC(=O)Nc1nn(-c2ccc(C#CCN3CCOCC3)cc2Cl)c(-c2ccc(Cl)cc2)c1S(C)(=O)=O. The van der Waals surface area contributed by atoms with E-state index in [1.54, 1.807) is 63.2 Å². The molecule has 1 saturated heterocycles. The predicted molar refractivity (Wildman–Crippen MR) is 156 cm³/mol. The molecule has 0 spiro atoms. The molecule has 1 N–H and O–H groups in total. The first-order valence-electron chi connectivity index (χ1n) is 12.5. The van der Waals surface area contributed by atoms with Crippen molar-refractivity contribution in [1.29, 1.82) is 0 Å². The van der Waals surface area contributed by atoms with E-state index in [0.29, 0.717) is 46.6 Å². The lowest BCUT2D eigenvalue weighted by Gasteiger charge is -2.24. The van der Waals surface area contributed by atoms with Crippen molar-refractivity contribution in [2.45, 2.75) is 31.3 Å². The molecule has 0 aliphatic carbocycles. The second-order valence-corrected chi connectivity index (χ2v) is 13.0. The number of rotatable bonds is 5. The molecule has 0 radical (unpaired) electrons. The Morgan fingerprint density at radius 3 is 2.40 bits per heavy atom. The number of benzene rings is 2. The number of ether oxygens (including phenoxy) is 2. The Morgan fingerprint density at radius 1 is 1.12 bits per heavy atom. The maximum Gasteiger partial charge on any atom is 0.413 e. The van der Waals surface area contributed by atoms with E-state index < -0.39 is 21.5 Å². The molecule has 212 valence electrons. The van der Waals surface area contributed by atoms with E-state index in [4.69, 9.17) is 32.7 Å². The third kappa shape index (κ3) is 7.56. The number of carbonyl (C=O) groups is 1. The van der Waals surface area contributed by atoms with Gasteiger partial charge in [-0.2, -0.15) is 0 Å². The van der Waals surface area contributed by atoms with Gasteiger partial charge in [0.15, 0.2) is 15.7 Å². The summed E-state index contributed by atoms with van der Waals surface area (Å²) in [4.78, 5) is 14.6. The first-order valence-corrected chi connectivity index (χ1v) is 15.1. The van der Waals surface area contributed by atoms with Crippen LogP contribution < -0.4 is 5.32 Å². The molecule has 9 nitrogen and oxygen atoms in total. The summed E-state index contributed by atoms with van der Waals surface area (Å²) in [6.45, 7) is 8.78. The quantitative estimate of drug-likeness (QED) is 0.395. The van der Waals surface area contributed by atoms with Crippen LogP contribution in [0.3, 0.4) is 0 Å². The molecule has 12 heteroatoms. The molecule has 1 aliphatic rings. The van der Waals surface area contributed by atoms with Crippen molar-refractivity contribution in [3.05, 3.63) is 58.1 Å². The Kier molecular flexibility index (Phi) is 9.12. The lowest BCUT2D eigenvalue weighted by Crippen LogP contribution is -2.36. The fourth-order valence-corrected chi connectivity index (χ4v) is 5.43. The van der Waals surface area contributed by atoms with E-state index in [-0.39, 0.29) is 16.4 Å². The molecular weight excluding hydrogens is 575 g/mol. The molecule has 2 aromatic carbocycles. The van der Waals surface area contributed by atoms with Crippen LogP contribution in [0.15, 0.2) is 47.4 Å². The fraction of sp³-hybridized carbons (Fsp3) is 0.357. The molecule has 0 saturated carbocycles. The number of nitrogens with zero attached hydrogens (tertiary/aromatic N) is 3. The van der Waals surface area contributed by atoms with Gasteiger partial charge in [-0.05, 0) is 51.1 Å². The molecule has 0 bridgehead atoms. The van der Waals surface area contributed by atoms with Crippen molar-refractivity contribution in [3.8, 4) is 28.8 Å². The van der Waals surface area contributed by atoms with Gasteiger partial charge in [-0.15, -0.1) is 5.10 Å². The number of carbonyl (C=O) groups excluding carboxylic acids is 1. The van der Waals surface area contributed by atoms with Gasteiger partial charge in [0.1, 0.15) is 10.5 Å². The number of hydrogen-bond donors (Lipinski definition) is 1. The third-order valence-electron chi connectivity index (χ3n) is 5.76. The lowest BCUT2D eigenvalue weighted by atomic mass is 10.1. The van der Waals surface area contributed by atoms with Gasteiger partial charge in [-0.1, -0.05) is 47.2 Å². The van der Waals surface area contributed by atoms with E-state index in [1.165, 1.54) is 4.68 Å². The molecule has 4 rings (SSSR count). The minimum absolute atomic E-state index is 0.188. The average molecular weight is 606 g/mol. The van der Waals surface area contributed by atoms with Crippen LogP contribution in [0.25, 0.3) is 16.9 Å². The summed E-state index contributed by atoms with van der Waals surface area (Å²) < 4.78 is 38.3. The number of hydrogen-bond acceptors (Lipinski definition) is 7. The topological polar surface area (TPSA) is 103 Å². The molecule has 2 heterocycles. The van der Waals surface area contributed by atoms with Crippen LogP contribution in [0.1, 0.15) is 26.3 Å². The first-order chi connectivity index (χ1) is 18.8. The van der Waals surface area contributed by atoms with Crippen molar-refractivity contribution in [2.75, 3.05) is 44.4 Å². The number of amides is 1. The second-order valence-electron chi connectivity index (χ2n) is 10.2. The maximum absolute atomic E-state index is 13.1. The van der Waals surface area contributed by atoms with Gasteiger partial charge in [0.05, 0.1) is 36.2 Å². The van der Waals surface area contributed by atoms with Crippen LogP contribution in [0.5, 0.6) is 0 Å². The Hall–Kier alpha value is -3.07. The van der Waals surface area contributed by atoms with E-state index in [0.717, 1.165) is 19.3 Å². The first kappa shape index (κ1) is 29.9. The van der Waals surface area contributed by atoms with Gasteiger partial charge in [0.2, 0.25) is 0 Å². The summed E-state index contributed by atoms with van der Waals surface area (Å²) >= 11 is 12.8. The summed E-state index contributed by atoms with van der Waals surface area (Å²) in [5, 5.41) is 7.75. The monoisotopic (exact) mass is 604 g/mol. The van der Waals surface area contributed by atoms with Crippen LogP contribution in [-0.4, -0.2) is 73.9 Å². The van der Waals surface area contributed by atoms with E-state index in [1.807, 2.05) is 0 Å². The maximum atomic E-state index is 13.1.